The van der Waals surface area contributed by atoms with E-state index in [9.17, 15) is 4.79 Å². The van der Waals surface area contributed by atoms with E-state index in [0.29, 0.717) is 6.42 Å². The van der Waals surface area contributed by atoms with E-state index in [1.54, 1.807) is 6.92 Å². The zero-order chi connectivity index (χ0) is 14.5. The van der Waals surface area contributed by atoms with Gasteiger partial charge < -0.3 is 4.90 Å². The van der Waals surface area contributed by atoms with E-state index in [0.717, 1.165) is 12.1 Å². The summed E-state index contributed by atoms with van der Waals surface area (Å²) in [5.74, 6) is 0.200. The maximum absolute atomic E-state index is 11.1. The van der Waals surface area contributed by atoms with Gasteiger partial charge in [-0.05, 0) is 43.3 Å². The van der Waals surface area contributed by atoms with Gasteiger partial charge in [0.05, 0.1) is 0 Å². The Morgan fingerprint density at radius 3 is 2.25 bits per heavy atom. The first-order valence-corrected chi connectivity index (χ1v) is 6.87. The predicted octanol–water partition coefficient (Wildman–Crippen LogP) is 3.55. The quantitative estimate of drug-likeness (QED) is 0.825. The van der Waals surface area contributed by atoms with Gasteiger partial charge in [0.25, 0.3) is 0 Å². The molecular weight excluding hydrogens is 246 g/mol. The molecule has 2 aromatic rings. The van der Waals surface area contributed by atoms with Gasteiger partial charge >= 0.3 is 0 Å². The summed E-state index contributed by atoms with van der Waals surface area (Å²) >= 11 is 0. The van der Waals surface area contributed by atoms with Crippen molar-refractivity contribution in [1.82, 2.24) is 4.90 Å². The molecule has 2 rings (SSSR count). The van der Waals surface area contributed by atoms with Crippen molar-refractivity contribution < 1.29 is 4.79 Å². The Bertz CT molecular complexity index is 585. The highest BCUT2D eigenvalue weighted by Gasteiger charge is 2.06. The SMILES string of the molecule is CC(=O)Cc1ccc(-c2ccccc2CN(C)C)cc1. The summed E-state index contributed by atoms with van der Waals surface area (Å²) in [4.78, 5) is 13.3. The van der Waals surface area contributed by atoms with Crippen molar-refractivity contribution in [2.75, 3.05) is 14.1 Å². The van der Waals surface area contributed by atoms with E-state index < -0.39 is 0 Å². The predicted molar refractivity (Wildman–Crippen MR) is 83.7 cm³/mol. The summed E-state index contributed by atoms with van der Waals surface area (Å²) in [5, 5.41) is 0. The number of ketones is 1. The van der Waals surface area contributed by atoms with Crippen molar-refractivity contribution in [3.8, 4) is 11.1 Å². The van der Waals surface area contributed by atoms with Crippen LogP contribution in [0, 0.1) is 0 Å². The molecule has 2 heteroatoms. The van der Waals surface area contributed by atoms with Crippen LogP contribution in [0.1, 0.15) is 18.1 Å². The van der Waals surface area contributed by atoms with E-state index in [1.165, 1.54) is 16.7 Å². The average Bonchev–Trinajstić information content (AvgIpc) is 2.39. The van der Waals surface area contributed by atoms with E-state index in [4.69, 9.17) is 0 Å². The summed E-state index contributed by atoms with van der Waals surface area (Å²) in [6.07, 6.45) is 0.514. The molecule has 0 spiro atoms. The molecule has 2 nitrogen and oxygen atoms in total. The van der Waals surface area contributed by atoms with Crippen LogP contribution in [0.4, 0.5) is 0 Å². The molecule has 0 radical (unpaired) electrons. The zero-order valence-corrected chi connectivity index (χ0v) is 12.4. The second-order valence-corrected chi connectivity index (χ2v) is 5.47. The van der Waals surface area contributed by atoms with Crippen molar-refractivity contribution in [3.63, 3.8) is 0 Å². The minimum atomic E-state index is 0.200. The van der Waals surface area contributed by atoms with Gasteiger partial charge in [-0.15, -0.1) is 0 Å². The molecule has 20 heavy (non-hydrogen) atoms. The number of Topliss-reactive ketones (excluding diaryl/α,β-unsaturated/α-hetero) is 1. The fraction of sp³-hybridized carbons (Fsp3) is 0.278. The van der Waals surface area contributed by atoms with Gasteiger partial charge in [0.1, 0.15) is 5.78 Å². The molecule has 2 aromatic carbocycles. The lowest BCUT2D eigenvalue weighted by atomic mass is 9.97. The number of nitrogens with zero attached hydrogens (tertiary/aromatic N) is 1. The van der Waals surface area contributed by atoms with Gasteiger partial charge in [-0.1, -0.05) is 48.5 Å². The average molecular weight is 267 g/mol. The van der Waals surface area contributed by atoms with Crippen LogP contribution < -0.4 is 0 Å². The molecule has 0 aliphatic heterocycles. The summed E-state index contributed by atoms with van der Waals surface area (Å²) in [6, 6.07) is 16.8. The molecule has 0 N–H and O–H groups in total. The number of hydrogen-bond donors (Lipinski definition) is 0. The highest BCUT2D eigenvalue weighted by Crippen LogP contribution is 2.25. The molecular formula is C18H21NO. The van der Waals surface area contributed by atoms with Crippen molar-refractivity contribution in [2.45, 2.75) is 19.9 Å². The van der Waals surface area contributed by atoms with Crippen LogP contribution in [-0.4, -0.2) is 24.8 Å². The number of benzene rings is 2. The van der Waals surface area contributed by atoms with Crippen LogP contribution in [0.15, 0.2) is 48.5 Å². The molecule has 0 heterocycles. The Kier molecular flexibility index (Phi) is 4.70. The standard InChI is InChI=1S/C18H21NO/c1-14(20)12-15-8-10-16(11-9-15)18-7-5-4-6-17(18)13-19(2)3/h4-11H,12-13H2,1-3H3. The number of rotatable bonds is 5. The lowest BCUT2D eigenvalue weighted by Gasteiger charge is -2.14. The van der Waals surface area contributed by atoms with Crippen LogP contribution >= 0.6 is 0 Å². The van der Waals surface area contributed by atoms with E-state index in [1.807, 2.05) is 12.1 Å². The number of hydrogen-bond acceptors (Lipinski definition) is 2. The normalized spacial score (nSPS) is 10.8. The number of carbonyl (C=O) groups excluding carboxylic acids is 1. The smallest absolute Gasteiger partial charge is 0.134 e. The molecule has 0 aromatic heterocycles. The first-order chi connectivity index (χ1) is 9.56. The Morgan fingerprint density at radius 2 is 1.65 bits per heavy atom. The molecule has 0 bridgehead atoms. The second kappa shape index (κ2) is 6.49. The molecule has 0 aliphatic carbocycles. The Labute approximate surface area is 121 Å². The highest BCUT2D eigenvalue weighted by atomic mass is 16.1. The molecule has 0 saturated heterocycles. The van der Waals surface area contributed by atoms with Crippen molar-refractivity contribution in [3.05, 3.63) is 59.7 Å². The first-order valence-electron chi connectivity index (χ1n) is 6.87. The van der Waals surface area contributed by atoms with Crippen molar-refractivity contribution in [1.29, 1.82) is 0 Å². The van der Waals surface area contributed by atoms with Crippen LogP contribution in [0.5, 0.6) is 0 Å². The minimum absolute atomic E-state index is 0.200. The summed E-state index contributed by atoms with van der Waals surface area (Å²) in [5.41, 5.74) is 4.86. The Hall–Kier alpha value is -1.93. The summed E-state index contributed by atoms with van der Waals surface area (Å²) < 4.78 is 0. The maximum Gasteiger partial charge on any atom is 0.134 e. The minimum Gasteiger partial charge on any atom is -0.305 e. The molecule has 0 aliphatic rings. The molecule has 0 unspecified atom stereocenters. The van der Waals surface area contributed by atoms with Crippen LogP contribution in [0.25, 0.3) is 11.1 Å². The van der Waals surface area contributed by atoms with Gasteiger partial charge in [0, 0.05) is 13.0 Å². The first kappa shape index (κ1) is 14.5. The van der Waals surface area contributed by atoms with Gasteiger partial charge in [0.15, 0.2) is 0 Å². The van der Waals surface area contributed by atoms with Gasteiger partial charge in [-0.25, -0.2) is 0 Å². The third-order valence-electron chi connectivity index (χ3n) is 3.22. The largest absolute Gasteiger partial charge is 0.305 e. The summed E-state index contributed by atoms with van der Waals surface area (Å²) in [6.45, 7) is 2.55. The Morgan fingerprint density at radius 1 is 1.00 bits per heavy atom. The van der Waals surface area contributed by atoms with Crippen molar-refractivity contribution in [2.24, 2.45) is 0 Å². The zero-order valence-electron chi connectivity index (χ0n) is 12.4. The fourth-order valence-electron chi connectivity index (χ4n) is 2.37. The van der Waals surface area contributed by atoms with E-state index >= 15 is 0 Å². The molecule has 0 atom stereocenters. The number of carbonyl (C=O) groups is 1. The van der Waals surface area contributed by atoms with Gasteiger partial charge in [-0.2, -0.15) is 0 Å². The lowest BCUT2D eigenvalue weighted by molar-refractivity contribution is -0.116. The van der Waals surface area contributed by atoms with Crippen molar-refractivity contribution >= 4 is 5.78 Å². The third kappa shape index (κ3) is 3.78. The van der Waals surface area contributed by atoms with E-state index in [-0.39, 0.29) is 5.78 Å². The monoisotopic (exact) mass is 267 g/mol. The highest BCUT2D eigenvalue weighted by molar-refractivity contribution is 5.78. The third-order valence-corrected chi connectivity index (χ3v) is 3.22. The van der Waals surface area contributed by atoms with Crippen LogP contribution in [0.2, 0.25) is 0 Å². The molecule has 0 saturated carbocycles. The summed E-state index contributed by atoms with van der Waals surface area (Å²) in [7, 11) is 4.15. The fourth-order valence-corrected chi connectivity index (χ4v) is 2.37. The topological polar surface area (TPSA) is 20.3 Å². The molecule has 0 amide bonds. The van der Waals surface area contributed by atoms with Crippen LogP contribution in [-0.2, 0) is 17.8 Å². The molecule has 104 valence electrons. The van der Waals surface area contributed by atoms with Gasteiger partial charge in [-0.3, -0.25) is 4.79 Å². The Balaban J connectivity index is 2.29. The van der Waals surface area contributed by atoms with E-state index in [2.05, 4.69) is 55.4 Å². The maximum atomic E-state index is 11.1. The lowest BCUT2D eigenvalue weighted by Crippen LogP contribution is -2.11. The van der Waals surface area contributed by atoms with Crippen LogP contribution in [0.3, 0.4) is 0 Å². The molecule has 0 fully saturated rings. The second-order valence-electron chi connectivity index (χ2n) is 5.47. The van der Waals surface area contributed by atoms with Gasteiger partial charge in [0.2, 0.25) is 0 Å².